The van der Waals surface area contributed by atoms with Crippen LogP contribution in [0.2, 0.25) is 0 Å². The third-order valence-corrected chi connectivity index (χ3v) is 3.81. The van der Waals surface area contributed by atoms with E-state index in [4.69, 9.17) is 0 Å². The van der Waals surface area contributed by atoms with E-state index in [1.807, 2.05) is 6.07 Å². The molecule has 1 saturated heterocycles. The van der Waals surface area contributed by atoms with E-state index in [0.717, 1.165) is 17.6 Å². The van der Waals surface area contributed by atoms with Crippen LogP contribution < -0.4 is 0 Å². The molecule has 82 valence electrons. The van der Waals surface area contributed by atoms with Gasteiger partial charge in [0.1, 0.15) is 0 Å². The molecule has 0 spiro atoms. The van der Waals surface area contributed by atoms with Gasteiger partial charge in [0.25, 0.3) is 0 Å². The molecule has 2 heterocycles. The number of hydrogen-bond donors (Lipinski definition) is 2. The van der Waals surface area contributed by atoms with Crippen LogP contribution in [0, 0.1) is 0 Å². The van der Waals surface area contributed by atoms with Crippen LogP contribution in [0.4, 0.5) is 0 Å². The smallest absolute Gasteiger partial charge is 0.0959 e. The van der Waals surface area contributed by atoms with Crippen molar-refractivity contribution >= 4 is 10.9 Å². The van der Waals surface area contributed by atoms with Gasteiger partial charge in [0.05, 0.1) is 6.10 Å². The highest BCUT2D eigenvalue weighted by Crippen LogP contribution is 2.47. The summed E-state index contributed by atoms with van der Waals surface area (Å²) in [7, 11) is 0. The number of hydrogen-bond acceptors (Lipinski definition) is 2. The summed E-state index contributed by atoms with van der Waals surface area (Å²) in [5.74, 6) is 0. The summed E-state index contributed by atoms with van der Waals surface area (Å²) in [6.45, 7) is 2.35. The fraction of sp³-hybridized carbons (Fsp3) is 0.385. The quantitative estimate of drug-likeness (QED) is 0.712. The first kappa shape index (κ1) is 8.79. The molecule has 4 rings (SSSR count). The zero-order chi connectivity index (χ0) is 10.7. The van der Waals surface area contributed by atoms with Gasteiger partial charge in [-0.15, -0.1) is 0 Å². The number of para-hydroxylation sites is 1. The Kier molecular flexibility index (Phi) is 1.58. The highest BCUT2D eigenvalue weighted by atomic mass is 16.3. The molecule has 2 atom stereocenters. The largest absolute Gasteiger partial charge is 0.387 e. The van der Waals surface area contributed by atoms with Gasteiger partial charge in [0.15, 0.2) is 0 Å². The highest BCUT2D eigenvalue weighted by molar-refractivity contribution is 5.86. The molecule has 16 heavy (non-hydrogen) atoms. The minimum absolute atomic E-state index is 0.312. The standard InChI is InChI=1S/C13H14N2O/c16-11-7-10(15-5-6-15)12-8-3-1-2-4-9(8)14-13(11)12/h1-4,10-11,14,16H,5-7H2. The summed E-state index contributed by atoms with van der Waals surface area (Å²) in [6.07, 6.45) is 0.541. The SMILES string of the molecule is OC1CC(N2CC2)c2c1[nH]c1ccccc21. The lowest BCUT2D eigenvalue weighted by Crippen LogP contribution is -2.05. The van der Waals surface area contributed by atoms with Crippen LogP contribution in [-0.2, 0) is 0 Å². The maximum absolute atomic E-state index is 10.1. The summed E-state index contributed by atoms with van der Waals surface area (Å²) < 4.78 is 0. The number of benzene rings is 1. The third kappa shape index (κ3) is 1.05. The summed E-state index contributed by atoms with van der Waals surface area (Å²) >= 11 is 0. The van der Waals surface area contributed by atoms with Crippen LogP contribution in [0.15, 0.2) is 24.3 Å². The Balaban J connectivity index is 1.98. The Morgan fingerprint density at radius 3 is 2.88 bits per heavy atom. The van der Waals surface area contributed by atoms with E-state index in [9.17, 15) is 5.11 Å². The molecule has 1 aromatic carbocycles. The molecule has 0 bridgehead atoms. The zero-order valence-electron chi connectivity index (χ0n) is 8.98. The van der Waals surface area contributed by atoms with E-state index in [-0.39, 0.29) is 6.10 Å². The summed E-state index contributed by atoms with van der Waals surface area (Å²) in [5, 5.41) is 11.4. The van der Waals surface area contributed by atoms with E-state index < -0.39 is 0 Å². The molecule has 2 N–H and O–H groups in total. The van der Waals surface area contributed by atoms with Gasteiger partial charge in [-0.05, 0) is 12.5 Å². The highest BCUT2D eigenvalue weighted by Gasteiger charge is 2.40. The molecule has 3 nitrogen and oxygen atoms in total. The van der Waals surface area contributed by atoms with E-state index >= 15 is 0 Å². The van der Waals surface area contributed by atoms with Crippen molar-refractivity contribution < 1.29 is 5.11 Å². The van der Waals surface area contributed by atoms with Crippen LogP contribution in [0.25, 0.3) is 10.9 Å². The molecule has 1 fully saturated rings. The fourth-order valence-electron chi connectivity index (χ4n) is 2.95. The molecule has 2 unspecified atom stereocenters. The molecule has 2 aliphatic rings. The lowest BCUT2D eigenvalue weighted by atomic mass is 10.1. The second-order valence-electron chi connectivity index (χ2n) is 4.80. The number of aromatic nitrogens is 1. The van der Waals surface area contributed by atoms with Gasteiger partial charge in [-0.3, -0.25) is 4.90 Å². The number of nitrogens with one attached hydrogen (secondary N) is 1. The second-order valence-corrected chi connectivity index (χ2v) is 4.80. The average Bonchev–Trinajstić information content (AvgIpc) is 2.98. The first-order chi connectivity index (χ1) is 7.84. The Morgan fingerprint density at radius 2 is 2.06 bits per heavy atom. The Hall–Kier alpha value is -1.32. The Morgan fingerprint density at radius 1 is 1.25 bits per heavy atom. The second kappa shape index (κ2) is 2.87. The van der Waals surface area contributed by atoms with E-state index in [0.29, 0.717) is 6.04 Å². The van der Waals surface area contributed by atoms with Crippen LogP contribution in [0.5, 0.6) is 0 Å². The van der Waals surface area contributed by atoms with Crippen molar-refractivity contribution in [2.75, 3.05) is 13.1 Å². The van der Waals surface area contributed by atoms with Crippen molar-refractivity contribution in [2.24, 2.45) is 0 Å². The summed E-state index contributed by atoms with van der Waals surface area (Å²) in [6, 6.07) is 8.77. The van der Waals surface area contributed by atoms with Gasteiger partial charge >= 0.3 is 0 Å². The van der Waals surface area contributed by atoms with Gasteiger partial charge < -0.3 is 10.1 Å². The molecule has 3 heteroatoms. The van der Waals surface area contributed by atoms with Gasteiger partial charge in [-0.1, -0.05) is 18.2 Å². The fourth-order valence-corrected chi connectivity index (χ4v) is 2.95. The van der Waals surface area contributed by atoms with Crippen LogP contribution in [0.3, 0.4) is 0 Å². The number of fused-ring (bicyclic) bond motifs is 3. The van der Waals surface area contributed by atoms with E-state index in [1.165, 1.54) is 24.0 Å². The van der Waals surface area contributed by atoms with Crippen LogP contribution in [-0.4, -0.2) is 28.1 Å². The number of aliphatic hydroxyl groups is 1. The topological polar surface area (TPSA) is 39.0 Å². The molecule has 2 aromatic rings. The number of H-pyrrole nitrogens is 1. The Labute approximate surface area is 93.7 Å². The molecular weight excluding hydrogens is 200 g/mol. The first-order valence-electron chi connectivity index (χ1n) is 5.87. The maximum atomic E-state index is 10.1. The first-order valence-corrected chi connectivity index (χ1v) is 5.87. The molecule has 1 aliphatic carbocycles. The lowest BCUT2D eigenvalue weighted by molar-refractivity contribution is 0.157. The molecule has 0 amide bonds. The van der Waals surface area contributed by atoms with Gasteiger partial charge in [0.2, 0.25) is 0 Å². The monoisotopic (exact) mass is 214 g/mol. The van der Waals surface area contributed by atoms with Crippen LogP contribution >= 0.6 is 0 Å². The lowest BCUT2D eigenvalue weighted by Gasteiger charge is -2.11. The zero-order valence-corrected chi connectivity index (χ0v) is 8.98. The van der Waals surface area contributed by atoms with Gasteiger partial charge in [-0.2, -0.15) is 0 Å². The van der Waals surface area contributed by atoms with E-state index in [2.05, 4.69) is 28.1 Å². The minimum atomic E-state index is -0.312. The maximum Gasteiger partial charge on any atom is 0.0959 e. The molecule has 0 radical (unpaired) electrons. The van der Waals surface area contributed by atoms with Gasteiger partial charge in [0, 0.05) is 41.3 Å². The minimum Gasteiger partial charge on any atom is -0.387 e. The molecule has 0 saturated carbocycles. The van der Waals surface area contributed by atoms with E-state index in [1.54, 1.807) is 0 Å². The van der Waals surface area contributed by atoms with Crippen molar-refractivity contribution in [2.45, 2.75) is 18.6 Å². The summed E-state index contributed by atoms with van der Waals surface area (Å²) in [4.78, 5) is 5.79. The van der Waals surface area contributed by atoms with Crippen molar-refractivity contribution in [3.05, 3.63) is 35.5 Å². The number of aliphatic hydroxyl groups excluding tert-OH is 1. The van der Waals surface area contributed by atoms with Crippen LogP contribution in [0.1, 0.15) is 29.8 Å². The predicted octanol–water partition coefficient (Wildman–Crippen LogP) is 1.96. The Bertz CT molecular complexity index is 556. The van der Waals surface area contributed by atoms with Gasteiger partial charge in [-0.25, -0.2) is 0 Å². The average molecular weight is 214 g/mol. The van der Waals surface area contributed by atoms with Crippen molar-refractivity contribution in [1.29, 1.82) is 0 Å². The van der Waals surface area contributed by atoms with Crippen molar-refractivity contribution in [1.82, 2.24) is 9.88 Å². The van der Waals surface area contributed by atoms with Crippen molar-refractivity contribution in [3.8, 4) is 0 Å². The third-order valence-electron chi connectivity index (χ3n) is 3.81. The number of rotatable bonds is 1. The predicted molar refractivity (Wildman–Crippen MR) is 62.2 cm³/mol. The normalized spacial score (nSPS) is 28.6. The van der Waals surface area contributed by atoms with Crippen molar-refractivity contribution in [3.63, 3.8) is 0 Å². The molecular formula is C13H14N2O. The molecule has 1 aromatic heterocycles. The summed E-state index contributed by atoms with van der Waals surface area (Å²) in [5.41, 5.74) is 3.52. The number of nitrogens with zero attached hydrogens (tertiary/aromatic N) is 1. The molecule has 1 aliphatic heterocycles. The number of aromatic amines is 1.